The number of nitrogens with zero attached hydrogens (tertiary/aromatic N) is 1. The molecule has 0 aliphatic rings. The van der Waals surface area contributed by atoms with E-state index in [9.17, 15) is 0 Å². The topological polar surface area (TPSA) is 61.3 Å². The van der Waals surface area contributed by atoms with Crippen molar-refractivity contribution in [2.45, 2.75) is 13.2 Å². The smallest absolute Gasteiger partial charge is 0.180 e. The van der Waals surface area contributed by atoms with Gasteiger partial charge in [-0.05, 0) is 12.1 Å². The van der Waals surface area contributed by atoms with Crippen molar-refractivity contribution in [3.63, 3.8) is 0 Å². The quantitative estimate of drug-likeness (QED) is 0.838. The van der Waals surface area contributed by atoms with Gasteiger partial charge in [-0.15, -0.1) is 11.3 Å². The zero-order valence-electron chi connectivity index (χ0n) is 7.47. The molecule has 0 spiro atoms. The van der Waals surface area contributed by atoms with Gasteiger partial charge in [0.1, 0.15) is 12.4 Å². The Bertz CT molecular complexity index is 383. The Labute approximate surface area is 85.3 Å². The van der Waals surface area contributed by atoms with Crippen molar-refractivity contribution in [3.05, 3.63) is 35.2 Å². The van der Waals surface area contributed by atoms with Crippen LogP contribution in [-0.2, 0) is 18.0 Å². The molecule has 2 heterocycles. The van der Waals surface area contributed by atoms with Gasteiger partial charge in [0.25, 0.3) is 0 Å². The maximum Gasteiger partial charge on any atom is 0.180 e. The molecule has 4 nitrogen and oxygen atoms in total. The molecule has 0 aromatic carbocycles. The second kappa shape index (κ2) is 4.26. The lowest BCUT2D eigenvalue weighted by Crippen LogP contribution is -1.93. The van der Waals surface area contributed by atoms with Gasteiger partial charge in [0.05, 0.1) is 18.6 Å². The summed E-state index contributed by atoms with van der Waals surface area (Å²) in [4.78, 5) is 4.07. The summed E-state index contributed by atoms with van der Waals surface area (Å²) in [5.74, 6) is 0.813. The largest absolute Gasteiger partial charge is 0.467 e. The van der Waals surface area contributed by atoms with Gasteiger partial charge < -0.3 is 14.9 Å². The van der Waals surface area contributed by atoms with E-state index in [4.69, 9.17) is 14.9 Å². The van der Waals surface area contributed by atoms with E-state index >= 15 is 0 Å². The van der Waals surface area contributed by atoms with E-state index in [0.717, 1.165) is 11.5 Å². The van der Waals surface area contributed by atoms with E-state index in [1.165, 1.54) is 11.3 Å². The molecule has 0 bridgehead atoms. The highest BCUT2D eigenvalue weighted by molar-refractivity contribution is 7.13. The van der Waals surface area contributed by atoms with E-state index in [1.807, 2.05) is 17.5 Å². The van der Waals surface area contributed by atoms with Crippen LogP contribution in [0, 0.1) is 0 Å². The second-order valence-corrected chi connectivity index (χ2v) is 3.64. The number of hydrogen-bond acceptors (Lipinski definition) is 5. The van der Waals surface area contributed by atoms with Gasteiger partial charge in [-0.1, -0.05) is 0 Å². The lowest BCUT2D eigenvalue weighted by atomic mass is 10.5. The Morgan fingerprint density at radius 3 is 3.07 bits per heavy atom. The molecule has 14 heavy (non-hydrogen) atoms. The fourth-order valence-electron chi connectivity index (χ4n) is 1.04. The number of furan rings is 1. The minimum absolute atomic E-state index is 0.463. The predicted molar refractivity (Wildman–Crippen MR) is 53.7 cm³/mol. The third-order valence-electron chi connectivity index (χ3n) is 1.64. The lowest BCUT2D eigenvalue weighted by Gasteiger charge is -1.98. The van der Waals surface area contributed by atoms with Crippen LogP contribution >= 0.6 is 11.3 Å². The van der Waals surface area contributed by atoms with Crippen LogP contribution in [-0.4, -0.2) is 4.98 Å². The minimum atomic E-state index is 0.463. The SMILES string of the molecule is Nc1nc(COCc2ccco2)cs1. The second-order valence-electron chi connectivity index (χ2n) is 2.75. The van der Waals surface area contributed by atoms with Gasteiger partial charge in [0, 0.05) is 5.38 Å². The van der Waals surface area contributed by atoms with Crippen molar-refractivity contribution in [3.8, 4) is 0 Å². The van der Waals surface area contributed by atoms with E-state index in [0.29, 0.717) is 18.3 Å². The van der Waals surface area contributed by atoms with E-state index in [2.05, 4.69) is 4.98 Å². The van der Waals surface area contributed by atoms with Crippen LogP contribution in [0.2, 0.25) is 0 Å². The van der Waals surface area contributed by atoms with Gasteiger partial charge in [0.2, 0.25) is 0 Å². The van der Waals surface area contributed by atoms with Crippen LogP contribution in [0.5, 0.6) is 0 Å². The Kier molecular flexibility index (Phi) is 2.81. The summed E-state index contributed by atoms with van der Waals surface area (Å²) in [5.41, 5.74) is 6.34. The first-order valence-electron chi connectivity index (χ1n) is 4.14. The molecule has 0 aliphatic heterocycles. The number of thiazole rings is 1. The molecule has 74 valence electrons. The normalized spacial score (nSPS) is 10.6. The number of aromatic nitrogens is 1. The molecular weight excluding hydrogens is 200 g/mol. The molecule has 0 fully saturated rings. The summed E-state index contributed by atoms with van der Waals surface area (Å²) in [6, 6.07) is 3.70. The minimum Gasteiger partial charge on any atom is -0.467 e. The van der Waals surface area contributed by atoms with Crippen LogP contribution in [0.4, 0.5) is 5.13 Å². The molecule has 5 heteroatoms. The zero-order valence-corrected chi connectivity index (χ0v) is 8.29. The van der Waals surface area contributed by atoms with Gasteiger partial charge in [-0.2, -0.15) is 0 Å². The van der Waals surface area contributed by atoms with E-state index < -0.39 is 0 Å². The van der Waals surface area contributed by atoms with Crippen molar-refractivity contribution < 1.29 is 9.15 Å². The number of rotatable bonds is 4. The molecule has 2 rings (SSSR count). The summed E-state index contributed by atoms with van der Waals surface area (Å²) < 4.78 is 10.5. The third kappa shape index (κ3) is 2.34. The highest BCUT2D eigenvalue weighted by atomic mass is 32.1. The highest BCUT2D eigenvalue weighted by Gasteiger charge is 2.00. The Balaban J connectivity index is 1.78. The van der Waals surface area contributed by atoms with Gasteiger partial charge in [-0.25, -0.2) is 4.98 Å². The summed E-state index contributed by atoms with van der Waals surface area (Å²) in [5, 5.41) is 2.46. The fraction of sp³-hybridized carbons (Fsp3) is 0.222. The molecule has 0 atom stereocenters. The molecule has 0 aliphatic carbocycles. The van der Waals surface area contributed by atoms with Crippen molar-refractivity contribution in [1.29, 1.82) is 0 Å². The van der Waals surface area contributed by atoms with Crippen molar-refractivity contribution in [1.82, 2.24) is 4.98 Å². The monoisotopic (exact) mass is 210 g/mol. The van der Waals surface area contributed by atoms with Gasteiger partial charge in [-0.3, -0.25) is 0 Å². The average molecular weight is 210 g/mol. The van der Waals surface area contributed by atoms with Crippen molar-refractivity contribution in [2.24, 2.45) is 0 Å². The van der Waals surface area contributed by atoms with Crippen LogP contribution in [0.15, 0.2) is 28.2 Å². The number of nitrogens with two attached hydrogens (primary N) is 1. The third-order valence-corrected chi connectivity index (χ3v) is 2.37. The Morgan fingerprint density at radius 1 is 1.50 bits per heavy atom. The fourth-order valence-corrected chi connectivity index (χ4v) is 1.59. The van der Waals surface area contributed by atoms with Crippen LogP contribution in [0.25, 0.3) is 0 Å². The Morgan fingerprint density at radius 2 is 2.43 bits per heavy atom. The molecule has 0 amide bonds. The lowest BCUT2D eigenvalue weighted by molar-refractivity contribution is 0.0910. The first-order valence-corrected chi connectivity index (χ1v) is 5.02. The number of ether oxygens (including phenoxy) is 1. The van der Waals surface area contributed by atoms with Gasteiger partial charge in [0.15, 0.2) is 5.13 Å². The molecule has 2 aromatic heterocycles. The van der Waals surface area contributed by atoms with E-state index in [1.54, 1.807) is 6.26 Å². The molecule has 0 radical (unpaired) electrons. The predicted octanol–water partition coefficient (Wildman–Crippen LogP) is 2.04. The summed E-state index contributed by atoms with van der Waals surface area (Å²) in [6.45, 7) is 0.929. The number of hydrogen-bond donors (Lipinski definition) is 1. The average Bonchev–Trinajstić information content (AvgIpc) is 2.77. The molecule has 2 aromatic rings. The summed E-state index contributed by atoms with van der Waals surface area (Å²) in [7, 11) is 0. The standard InChI is InChI=1S/C9H10N2O2S/c10-9-11-7(6-14-9)4-12-5-8-2-1-3-13-8/h1-3,6H,4-5H2,(H2,10,11). The zero-order chi connectivity index (χ0) is 9.80. The van der Waals surface area contributed by atoms with Crippen LogP contribution in [0.3, 0.4) is 0 Å². The first-order chi connectivity index (χ1) is 6.84. The highest BCUT2D eigenvalue weighted by Crippen LogP contribution is 2.12. The summed E-state index contributed by atoms with van der Waals surface area (Å²) in [6.07, 6.45) is 1.62. The molecule has 0 unspecified atom stereocenters. The number of nitrogen functional groups attached to an aromatic ring is 1. The van der Waals surface area contributed by atoms with Crippen molar-refractivity contribution in [2.75, 3.05) is 5.73 Å². The van der Waals surface area contributed by atoms with Crippen LogP contribution in [0.1, 0.15) is 11.5 Å². The molecule has 0 saturated carbocycles. The van der Waals surface area contributed by atoms with E-state index in [-0.39, 0.29) is 0 Å². The van der Waals surface area contributed by atoms with Gasteiger partial charge >= 0.3 is 0 Å². The molecule has 0 saturated heterocycles. The maximum atomic E-state index is 5.48. The maximum absolute atomic E-state index is 5.48. The first kappa shape index (κ1) is 9.23. The molecule has 2 N–H and O–H groups in total. The number of anilines is 1. The summed E-state index contributed by atoms with van der Waals surface area (Å²) >= 11 is 1.42. The molecular formula is C9H10N2O2S. The Hall–Kier alpha value is -1.33. The van der Waals surface area contributed by atoms with Crippen LogP contribution < -0.4 is 5.73 Å². The van der Waals surface area contributed by atoms with Crippen molar-refractivity contribution >= 4 is 16.5 Å².